The fraction of sp³-hybridized carbons (Fsp3) is 0.375. The monoisotopic (exact) mass is 436 g/mol. The van der Waals surface area contributed by atoms with Crippen molar-refractivity contribution in [2.24, 2.45) is 7.05 Å². The molecule has 0 spiro atoms. The van der Waals surface area contributed by atoms with Gasteiger partial charge in [0.15, 0.2) is 5.16 Å². The molecule has 31 heavy (non-hydrogen) atoms. The van der Waals surface area contributed by atoms with E-state index < -0.39 is 0 Å². The van der Waals surface area contributed by atoms with E-state index in [1.165, 1.54) is 5.56 Å². The summed E-state index contributed by atoms with van der Waals surface area (Å²) in [4.78, 5) is 14.7. The van der Waals surface area contributed by atoms with E-state index in [0.717, 1.165) is 54.0 Å². The summed E-state index contributed by atoms with van der Waals surface area (Å²) in [5.41, 5.74) is 2.29. The number of benzene rings is 2. The van der Waals surface area contributed by atoms with Crippen molar-refractivity contribution < 1.29 is 9.53 Å². The molecule has 0 N–H and O–H groups in total. The van der Waals surface area contributed by atoms with Gasteiger partial charge in [0.2, 0.25) is 5.91 Å². The minimum atomic E-state index is 0.181. The van der Waals surface area contributed by atoms with Gasteiger partial charge in [-0.2, -0.15) is 0 Å². The van der Waals surface area contributed by atoms with E-state index in [4.69, 9.17) is 4.74 Å². The zero-order valence-corrected chi connectivity index (χ0v) is 18.8. The van der Waals surface area contributed by atoms with Gasteiger partial charge in [0.25, 0.3) is 0 Å². The van der Waals surface area contributed by atoms with Crippen LogP contribution in [0.15, 0.2) is 59.8 Å². The van der Waals surface area contributed by atoms with Gasteiger partial charge in [-0.05, 0) is 36.1 Å². The number of methoxy groups -OCH3 is 1. The van der Waals surface area contributed by atoms with Gasteiger partial charge in [0, 0.05) is 31.8 Å². The highest BCUT2D eigenvalue weighted by molar-refractivity contribution is 7.98. The van der Waals surface area contributed by atoms with Gasteiger partial charge in [-0.1, -0.05) is 54.2 Å². The van der Waals surface area contributed by atoms with Gasteiger partial charge in [-0.3, -0.25) is 4.79 Å². The van der Waals surface area contributed by atoms with E-state index in [0.29, 0.717) is 12.3 Å². The second-order valence-electron chi connectivity index (χ2n) is 7.85. The smallest absolute Gasteiger partial charge is 0.226 e. The Balaban J connectivity index is 1.30. The average molecular weight is 437 g/mol. The number of hydrogen-bond donors (Lipinski definition) is 0. The molecule has 0 radical (unpaired) electrons. The number of nitrogens with zero attached hydrogens (tertiary/aromatic N) is 4. The Hall–Kier alpha value is -2.80. The number of aromatic nitrogens is 3. The molecule has 2 heterocycles. The zero-order chi connectivity index (χ0) is 21.6. The third kappa shape index (κ3) is 5.28. The Bertz CT molecular complexity index is 996. The van der Waals surface area contributed by atoms with E-state index in [1.54, 1.807) is 18.9 Å². The summed E-state index contributed by atoms with van der Waals surface area (Å²) in [5, 5.41) is 9.84. The van der Waals surface area contributed by atoms with Gasteiger partial charge in [0.05, 0.1) is 13.5 Å². The molecule has 2 aromatic carbocycles. The molecule has 6 nitrogen and oxygen atoms in total. The van der Waals surface area contributed by atoms with Crippen molar-refractivity contribution in [3.63, 3.8) is 0 Å². The maximum absolute atomic E-state index is 12.7. The number of hydrogen-bond acceptors (Lipinski definition) is 5. The predicted octanol–water partition coefficient (Wildman–Crippen LogP) is 4.06. The second-order valence-corrected chi connectivity index (χ2v) is 8.80. The number of ether oxygens (including phenoxy) is 1. The summed E-state index contributed by atoms with van der Waals surface area (Å²) in [5.74, 6) is 3.24. The number of piperidine rings is 1. The summed E-state index contributed by atoms with van der Waals surface area (Å²) >= 11 is 1.71. The van der Waals surface area contributed by atoms with Crippen molar-refractivity contribution in [3.05, 3.63) is 71.5 Å². The lowest BCUT2D eigenvalue weighted by atomic mass is 9.95. The van der Waals surface area contributed by atoms with Crippen molar-refractivity contribution in [1.29, 1.82) is 0 Å². The zero-order valence-electron chi connectivity index (χ0n) is 18.0. The highest BCUT2D eigenvalue weighted by Crippen LogP contribution is 2.30. The molecule has 1 saturated heterocycles. The molecule has 1 amide bonds. The van der Waals surface area contributed by atoms with E-state index >= 15 is 0 Å². The summed E-state index contributed by atoms with van der Waals surface area (Å²) in [6, 6.07) is 18.1. The minimum absolute atomic E-state index is 0.181. The van der Waals surface area contributed by atoms with E-state index in [-0.39, 0.29) is 5.91 Å². The van der Waals surface area contributed by atoms with E-state index in [1.807, 2.05) is 42.3 Å². The number of likely N-dealkylation sites (tertiary alicyclic amines) is 1. The lowest BCUT2D eigenvalue weighted by Gasteiger charge is -2.31. The fourth-order valence-corrected chi connectivity index (χ4v) is 4.82. The molecule has 1 aliphatic heterocycles. The maximum atomic E-state index is 12.7. The minimum Gasteiger partial charge on any atom is -0.497 e. The van der Waals surface area contributed by atoms with Gasteiger partial charge in [-0.15, -0.1) is 10.2 Å². The standard InChI is InChI=1S/C24H28N4O2S/c1-27-23(25-26-24(27)31-17-19-6-4-3-5-7-19)20-12-14-28(15-13-20)22(29)16-18-8-10-21(30-2)11-9-18/h3-11,20H,12-17H2,1-2H3. The fourth-order valence-electron chi connectivity index (χ4n) is 3.95. The number of carbonyl (C=O) groups excluding carboxylic acids is 1. The summed E-state index contributed by atoms with van der Waals surface area (Å²) in [7, 11) is 3.69. The van der Waals surface area contributed by atoms with Gasteiger partial charge in [-0.25, -0.2) is 0 Å². The van der Waals surface area contributed by atoms with Crippen molar-refractivity contribution in [1.82, 2.24) is 19.7 Å². The van der Waals surface area contributed by atoms with E-state index in [9.17, 15) is 4.79 Å². The third-order valence-corrected chi connectivity index (χ3v) is 6.90. The first-order valence-electron chi connectivity index (χ1n) is 10.6. The Kier molecular flexibility index (Phi) is 6.92. The van der Waals surface area contributed by atoms with Crippen molar-refractivity contribution >= 4 is 17.7 Å². The molecule has 0 atom stereocenters. The largest absolute Gasteiger partial charge is 0.497 e. The summed E-state index contributed by atoms with van der Waals surface area (Å²) in [6.45, 7) is 1.53. The molecule has 1 fully saturated rings. The Morgan fingerprint density at radius 1 is 1.03 bits per heavy atom. The first-order chi connectivity index (χ1) is 15.1. The van der Waals surface area contributed by atoms with Crippen LogP contribution in [0.3, 0.4) is 0 Å². The summed E-state index contributed by atoms with van der Waals surface area (Å²) in [6.07, 6.45) is 2.27. The van der Waals surface area contributed by atoms with Gasteiger partial charge >= 0.3 is 0 Å². The molecule has 4 rings (SSSR count). The van der Waals surface area contributed by atoms with Crippen LogP contribution >= 0.6 is 11.8 Å². The summed E-state index contributed by atoms with van der Waals surface area (Å²) < 4.78 is 7.30. The Morgan fingerprint density at radius 3 is 2.42 bits per heavy atom. The first-order valence-corrected chi connectivity index (χ1v) is 11.6. The normalized spacial score (nSPS) is 14.6. The molecule has 162 valence electrons. The lowest BCUT2D eigenvalue weighted by Crippen LogP contribution is -2.39. The number of carbonyl (C=O) groups is 1. The highest BCUT2D eigenvalue weighted by atomic mass is 32.2. The number of thioether (sulfide) groups is 1. The second kappa shape index (κ2) is 10.0. The molecule has 1 aliphatic rings. The molecular weight excluding hydrogens is 408 g/mol. The van der Waals surface area contributed by atoms with Crippen molar-refractivity contribution in [2.75, 3.05) is 20.2 Å². The number of amides is 1. The molecule has 3 aromatic rings. The molecule has 0 unspecified atom stereocenters. The Labute approximate surface area is 187 Å². The lowest BCUT2D eigenvalue weighted by molar-refractivity contribution is -0.131. The van der Waals surface area contributed by atoms with Crippen molar-refractivity contribution in [2.45, 2.75) is 36.1 Å². The third-order valence-electron chi connectivity index (χ3n) is 5.81. The molecular formula is C24H28N4O2S. The average Bonchev–Trinajstić information content (AvgIpc) is 3.19. The van der Waals surface area contributed by atoms with Crippen LogP contribution in [-0.4, -0.2) is 45.8 Å². The molecule has 0 bridgehead atoms. The Morgan fingerprint density at radius 2 is 1.74 bits per heavy atom. The van der Waals surface area contributed by atoms with Gasteiger partial charge < -0.3 is 14.2 Å². The molecule has 1 aromatic heterocycles. The maximum Gasteiger partial charge on any atom is 0.226 e. The van der Waals surface area contributed by atoms with E-state index in [2.05, 4.69) is 39.0 Å². The van der Waals surface area contributed by atoms with Crippen LogP contribution in [0.2, 0.25) is 0 Å². The quantitative estimate of drug-likeness (QED) is 0.523. The highest BCUT2D eigenvalue weighted by Gasteiger charge is 2.27. The van der Waals surface area contributed by atoms with Crippen LogP contribution in [0.4, 0.5) is 0 Å². The predicted molar refractivity (Wildman–Crippen MR) is 122 cm³/mol. The first kappa shape index (κ1) is 21.4. The molecule has 0 aliphatic carbocycles. The van der Waals surface area contributed by atoms with Crippen molar-refractivity contribution in [3.8, 4) is 5.75 Å². The van der Waals surface area contributed by atoms with Crippen LogP contribution < -0.4 is 4.74 Å². The van der Waals surface area contributed by atoms with Crippen LogP contribution in [0, 0.1) is 0 Å². The van der Waals surface area contributed by atoms with Crippen LogP contribution in [0.25, 0.3) is 0 Å². The van der Waals surface area contributed by atoms with Crippen LogP contribution in [0.5, 0.6) is 5.75 Å². The molecule has 0 saturated carbocycles. The van der Waals surface area contributed by atoms with Gasteiger partial charge in [0.1, 0.15) is 11.6 Å². The van der Waals surface area contributed by atoms with Crippen LogP contribution in [-0.2, 0) is 24.0 Å². The van der Waals surface area contributed by atoms with Crippen LogP contribution in [0.1, 0.15) is 35.7 Å². The number of rotatable bonds is 7. The topological polar surface area (TPSA) is 60.2 Å². The SMILES string of the molecule is COc1ccc(CC(=O)N2CCC(c3nnc(SCc4ccccc4)n3C)CC2)cc1. The molecule has 7 heteroatoms.